The second kappa shape index (κ2) is 4.31. The molecule has 2 heterocycles. The maximum atomic E-state index is 12.1. The van der Waals surface area contributed by atoms with E-state index >= 15 is 0 Å². The minimum atomic E-state index is -3.99. The summed E-state index contributed by atoms with van der Waals surface area (Å²) in [5.74, 6) is -1.19. The van der Waals surface area contributed by atoms with Gasteiger partial charge >= 0.3 is 0 Å². The molecule has 2 amide bonds. The van der Waals surface area contributed by atoms with Crippen molar-refractivity contribution in [2.24, 2.45) is 7.05 Å². The summed E-state index contributed by atoms with van der Waals surface area (Å²) < 4.78 is 27.5. The molecule has 0 aromatic carbocycles. The molecule has 1 unspecified atom stereocenters. The zero-order chi connectivity index (χ0) is 14.4. The van der Waals surface area contributed by atoms with Crippen LogP contribution in [0.3, 0.4) is 0 Å². The number of nitrogens with one attached hydrogen (secondary N) is 1. The number of likely N-dealkylation sites (N-methyl/N-ethyl adjacent to an activating group) is 1. The predicted molar refractivity (Wildman–Crippen MR) is 64.1 cm³/mol. The Labute approximate surface area is 109 Å². The molecule has 1 aliphatic heterocycles. The molecule has 1 aromatic heterocycles. The highest BCUT2D eigenvalue weighted by Crippen LogP contribution is 2.18. The van der Waals surface area contributed by atoms with Gasteiger partial charge in [0.1, 0.15) is 10.9 Å². The molecule has 19 heavy (non-hydrogen) atoms. The Morgan fingerprint density at radius 1 is 1.42 bits per heavy atom. The average Bonchev–Trinajstić information content (AvgIpc) is 2.75. The standard InChI is InChI=1S/C9H13N5O4S/c1-13-4-6(8(10)11-13)19(17,18)12-5-3-7(15)14(2)9(5)16/h4-5,12H,3H2,1-2H3,(H2,10,11). The van der Waals surface area contributed by atoms with Gasteiger partial charge in [-0.25, -0.2) is 8.42 Å². The van der Waals surface area contributed by atoms with Crippen molar-refractivity contribution in [3.05, 3.63) is 6.20 Å². The zero-order valence-corrected chi connectivity index (χ0v) is 11.1. The van der Waals surface area contributed by atoms with E-state index in [1.807, 2.05) is 0 Å². The average molecular weight is 287 g/mol. The van der Waals surface area contributed by atoms with Gasteiger partial charge in [0.05, 0.1) is 6.42 Å². The lowest BCUT2D eigenvalue weighted by Crippen LogP contribution is -2.40. The first-order valence-corrected chi connectivity index (χ1v) is 6.82. The largest absolute Gasteiger partial charge is 0.381 e. The van der Waals surface area contributed by atoms with Crippen LogP contribution in [0, 0.1) is 0 Å². The number of hydrogen-bond donors (Lipinski definition) is 2. The van der Waals surface area contributed by atoms with Crippen LogP contribution in [-0.2, 0) is 26.7 Å². The van der Waals surface area contributed by atoms with Crippen LogP contribution in [0.4, 0.5) is 5.82 Å². The number of aromatic nitrogens is 2. The Kier molecular flexibility index (Phi) is 3.06. The van der Waals surface area contributed by atoms with Gasteiger partial charge < -0.3 is 5.73 Å². The van der Waals surface area contributed by atoms with E-state index in [9.17, 15) is 18.0 Å². The number of aryl methyl sites for hydroxylation is 1. The molecule has 9 nitrogen and oxygen atoms in total. The van der Waals surface area contributed by atoms with Crippen molar-refractivity contribution in [1.29, 1.82) is 0 Å². The molecule has 1 saturated heterocycles. The summed E-state index contributed by atoms with van der Waals surface area (Å²) in [4.78, 5) is 23.6. The highest BCUT2D eigenvalue weighted by atomic mass is 32.2. The minimum absolute atomic E-state index is 0.167. The summed E-state index contributed by atoms with van der Waals surface area (Å²) in [5.41, 5.74) is 5.48. The molecular weight excluding hydrogens is 274 g/mol. The molecule has 2 rings (SSSR count). The van der Waals surface area contributed by atoms with Crippen LogP contribution >= 0.6 is 0 Å². The number of anilines is 1. The van der Waals surface area contributed by atoms with Crippen LogP contribution in [0.2, 0.25) is 0 Å². The van der Waals surface area contributed by atoms with Gasteiger partial charge in [-0.05, 0) is 0 Å². The summed E-state index contributed by atoms with van der Waals surface area (Å²) in [6.07, 6.45) is 1.03. The van der Waals surface area contributed by atoms with Gasteiger partial charge in [0.15, 0.2) is 5.82 Å². The third kappa shape index (κ3) is 2.31. The molecule has 1 aliphatic rings. The maximum absolute atomic E-state index is 12.1. The van der Waals surface area contributed by atoms with E-state index in [2.05, 4.69) is 9.82 Å². The fourth-order valence-electron chi connectivity index (χ4n) is 1.79. The highest BCUT2D eigenvalue weighted by molar-refractivity contribution is 7.89. The zero-order valence-electron chi connectivity index (χ0n) is 10.3. The molecule has 10 heteroatoms. The summed E-state index contributed by atoms with van der Waals surface area (Å²) in [7, 11) is -1.17. The lowest BCUT2D eigenvalue weighted by atomic mass is 10.3. The quantitative estimate of drug-likeness (QED) is 0.621. The van der Waals surface area contributed by atoms with Crippen LogP contribution < -0.4 is 10.5 Å². The van der Waals surface area contributed by atoms with E-state index in [1.165, 1.54) is 25.0 Å². The van der Waals surface area contributed by atoms with E-state index in [1.54, 1.807) is 0 Å². The number of sulfonamides is 1. The Morgan fingerprint density at radius 3 is 2.47 bits per heavy atom. The fraction of sp³-hybridized carbons (Fsp3) is 0.444. The van der Waals surface area contributed by atoms with E-state index < -0.39 is 27.9 Å². The number of carbonyl (C=O) groups is 2. The van der Waals surface area contributed by atoms with Gasteiger partial charge in [0.25, 0.3) is 0 Å². The molecule has 0 spiro atoms. The van der Waals surface area contributed by atoms with Crippen LogP contribution in [0.25, 0.3) is 0 Å². The minimum Gasteiger partial charge on any atom is -0.381 e. The fourth-order valence-corrected chi connectivity index (χ4v) is 3.08. The Bertz CT molecular complexity index is 650. The smallest absolute Gasteiger partial charge is 0.247 e. The molecule has 0 aliphatic carbocycles. The second-order valence-electron chi connectivity index (χ2n) is 4.22. The lowest BCUT2D eigenvalue weighted by Gasteiger charge is -2.10. The number of imide groups is 1. The second-order valence-corrected chi connectivity index (χ2v) is 5.90. The maximum Gasteiger partial charge on any atom is 0.247 e. The van der Waals surface area contributed by atoms with Crippen molar-refractivity contribution in [3.63, 3.8) is 0 Å². The van der Waals surface area contributed by atoms with Crippen molar-refractivity contribution in [2.45, 2.75) is 17.4 Å². The van der Waals surface area contributed by atoms with Gasteiger partial charge in [-0.15, -0.1) is 0 Å². The summed E-state index contributed by atoms with van der Waals surface area (Å²) in [6.45, 7) is 0. The molecule has 1 aromatic rings. The number of likely N-dealkylation sites (tertiary alicyclic amines) is 1. The van der Waals surface area contributed by atoms with Gasteiger partial charge in [-0.2, -0.15) is 9.82 Å². The van der Waals surface area contributed by atoms with Crippen LogP contribution in [0.15, 0.2) is 11.1 Å². The third-order valence-corrected chi connectivity index (χ3v) is 4.28. The molecular formula is C9H13N5O4S. The number of hydrogen-bond acceptors (Lipinski definition) is 6. The van der Waals surface area contributed by atoms with E-state index in [0.717, 1.165) is 4.90 Å². The van der Waals surface area contributed by atoms with Crippen LogP contribution in [-0.4, -0.2) is 48.0 Å². The molecule has 1 atom stereocenters. The van der Waals surface area contributed by atoms with Gasteiger partial charge in [-0.1, -0.05) is 0 Å². The molecule has 3 N–H and O–H groups in total. The topological polar surface area (TPSA) is 127 Å². The molecule has 1 fully saturated rings. The molecule has 0 saturated carbocycles. The predicted octanol–water partition coefficient (Wildman–Crippen LogP) is -1.96. The third-order valence-electron chi connectivity index (χ3n) is 2.79. The molecule has 0 radical (unpaired) electrons. The number of carbonyl (C=O) groups excluding carboxylic acids is 2. The van der Waals surface area contributed by atoms with Crippen LogP contribution in [0.5, 0.6) is 0 Å². The summed E-state index contributed by atoms with van der Waals surface area (Å²) in [6, 6.07) is -1.10. The van der Waals surface area contributed by atoms with E-state index in [0.29, 0.717) is 0 Å². The van der Waals surface area contributed by atoms with Crippen molar-refractivity contribution in [3.8, 4) is 0 Å². The Morgan fingerprint density at radius 2 is 2.05 bits per heavy atom. The van der Waals surface area contributed by atoms with E-state index in [4.69, 9.17) is 5.73 Å². The SMILES string of the molecule is CN1C(=O)CC(NS(=O)(=O)c2cn(C)nc2N)C1=O. The molecule has 104 valence electrons. The van der Waals surface area contributed by atoms with E-state index in [-0.39, 0.29) is 17.1 Å². The number of nitrogen functional groups attached to an aromatic ring is 1. The van der Waals surface area contributed by atoms with Crippen molar-refractivity contribution < 1.29 is 18.0 Å². The lowest BCUT2D eigenvalue weighted by molar-refractivity contribution is -0.137. The van der Waals surface area contributed by atoms with Crippen molar-refractivity contribution in [2.75, 3.05) is 12.8 Å². The highest BCUT2D eigenvalue weighted by Gasteiger charge is 2.39. The monoisotopic (exact) mass is 287 g/mol. The normalized spacial score (nSPS) is 20.3. The van der Waals surface area contributed by atoms with Gasteiger partial charge in [0.2, 0.25) is 21.8 Å². The summed E-state index contributed by atoms with van der Waals surface area (Å²) >= 11 is 0. The molecule has 0 bridgehead atoms. The first-order chi connectivity index (χ1) is 8.72. The number of nitrogens with zero attached hydrogens (tertiary/aromatic N) is 3. The Hall–Kier alpha value is -1.94. The number of nitrogens with two attached hydrogens (primary N) is 1. The van der Waals surface area contributed by atoms with Gasteiger partial charge in [-0.3, -0.25) is 19.2 Å². The van der Waals surface area contributed by atoms with Crippen LogP contribution in [0.1, 0.15) is 6.42 Å². The number of amides is 2. The van der Waals surface area contributed by atoms with Gasteiger partial charge in [0, 0.05) is 20.3 Å². The summed E-state index contributed by atoms with van der Waals surface area (Å²) in [5, 5.41) is 3.71. The van der Waals surface area contributed by atoms with Crippen molar-refractivity contribution in [1.82, 2.24) is 19.4 Å². The first-order valence-electron chi connectivity index (χ1n) is 5.34. The first kappa shape index (κ1) is 13.5. The Balaban J connectivity index is 2.26. The number of rotatable bonds is 3. The van der Waals surface area contributed by atoms with Crippen molar-refractivity contribution >= 4 is 27.7 Å².